The van der Waals surface area contributed by atoms with Crippen LogP contribution in [-0.4, -0.2) is 28.9 Å². The van der Waals surface area contributed by atoms with E-state index in [0.29, 0.717) is 23.5 Å². The molecule has 0 spiro atoms. The van der Waals surface area contributed by atoms with Crippen molar-refractivity contribution in [2.75, 3.05) is 6.54 Å². The van der Waals surface area contributed by atoms with E-state index in [-0.39, 0.29) is 18.2 Å². The lowest BCUT2D eigenvalue weighted by molar-refractivity contribution is 0.0429. The van der Waals surface area contributed by atoms with Gasteiger partial charge in [-0.25, -0.2) is 0 Å². The van der Waals surface area contributed by atoms with Gasteiger partial charge in [0.2, 0.25) is 0 Å². The van der Waals surface area contributed by atoms with Gasteiger partial charge in [0, 0.05) is 17.7 Å². The Labute approximate surface area is 126 Å². The molecule has 0 aliphatic rings. The van der Waals surface area contributed by atoms with Gasteiger partial charge in [-0.05, 0) is 44.7 Å². The monoisotopic (exact) mass is 291 g/mol. The first-order valence-electron chi connectivity index (χ1n) is 7.33. The molecule has 1 rings (SSSR count). The number of hydrogen-bond donors (Lipinski definition) is 2. The fourth-order valence-corrected chi connectivity index (χ4v) is 1.92. The quantitative estimate of drug-likeness (QED) is 0.759. The van der Waals surface area contributed by atoms with E-state index in [1.807, 2.05) is 0 Å². The van der Waals surface area contributed by atoms with E-state index in [1.165, 1.54) is 6.92 Å². The molecule has 1 amide bonds. The van der Waals surface area contributed by atoms with Crippen LogP contribution in [0.2, 0.25) is 0 Å². The second-order valence-electron chi connectivity index (χ2n) is 6.25. The molecule has 0 saturated carbocycles. The van der Waals surface area contributed by atoms with Crippen LogP contribution in [0.1, 0.15) is 61.3 Å². The smallest absolute Gasteiger partial charge is 0.251 e. The summed E-state index contributed by atoms with van der Waals surface area (Å²) >= 11 is 0. The van der Waals surface area contributed by atoms with Crippen LogP contribution in [-0.2, 0) is 0 Å². The Balaban J connectivity index is 2.55. The van der Waals surface area contributed by atoms with Crippen LogP contribution in [0, 0.1) is 5.92 Å². The van der Waals surface area contributed by atoms with Gasteiger partial charge in [-0.1, -0.05) is 26.0 Å². The first-order valence-corrected chi connectivity index (χ1v) is 7.33. The second-order valence-corrected chi connectivity index (χ2v) is 6.25. The highest BCUT2D eigenvalue weighted by molar-refractivity contribution is 5.97. The fraction of sp³-hybridized carbons (Fsp3) is 0.529. The van der Waals surface area contributed by atoms with Crippen LogP contribution in [0.4, 0.5) is 0 Å². The molecule has 116 valence electrons. The number of hydrogen-bond acceptors (Lipinski definition) is 3. The summed E-state index contributed by atoms with van der Waals surface area (Å²) in [7, 11) is 0. The van der Waals surface area contributed by atoms with Crippen LogP contribution in [0.25, 0.3) is 0 Å². The molecule has 21 heavy (non-hydrogen) atoms. The van der Waals surface area contributed by atoms with E-state index in [4.69, 9.17) is 0 Å². The molecule has 0 aliphatic carbocycles. The summed E-state index contributed by atoms with van der Waals surface area (Å²) in [6, 6.07) is 6.51. The van der Waals surface area contributed by atoms with E-state index >= 15 is 0 Å². The van der Waals surface area contributed by atoms with E-state index in [0.717, 1.165) is 6.42 Å². The van der Waals surface area contributed by atoms with Crippen molar-refractivity contribution in [3.8, 4) is 0 Å². The molecule has 0 radical (unpaired) electrons. The highest BCUT2D eigenvalue weighted by Crippen LogP contribution is 2.15. The lowest BCUT2D eigenvalue weighted by atomic mass is 9.95. The van der Waals surface area contributed by atoms with Crippen LogP contribution >= 0.6 is 0 Å². The van der Waals surface area contributed by atoms with E-state index < -0.39 is 5.60 Å². The first kappa shape index (κ1) is 17.4. The molecule has 2 N–H and O–H groups in total. The maximum Gasteiger partial charge on any atom is 0.251 e. The van der Waals surface area contributed by atoms with Crippen LogP contribution in [0.5, 0.6) is 0 Å². The number of rotatable bonds is 7. The standard InChI is InChI=1S/C17H25NO3/c1-12(2)9-10-17(4,21)11-18-16(20)15-7-5-14(6-8-15)13(3)19/h5-8,12,21H,9-11H2,1-4H3,(H,18,20). The van der Waals surface area contributed by atoms with Crippen LogP contribution in [0.15, 0.2) is 24.3 Å². The van der Waals surface area contributed by atoms with Crippen molar-refractivity contribution in [2.45, 2.75) is 46.1 Å². The molecular formula is C17H25NO3. The Hall–Kier alpha value is -1.68. The molecule has 0 heterocycles. The number of carbonyl (C=O) groups excluding carboxylic acids is 2. The average molecular weight is 291 g/mol. The molecule has 0 aromatic heterocycles. The maximum absolute atomic E-state index is 12.0. The molecule has 4 nitrogen and oxygen atoms in total. The summed E-state index contributed by atoms with van der Waals surface area (Å²) in [4.78, 5) is 23.2. The summed E-state index contributed by atoms with van der Waals surface area (Å²) < 4.78 is 0. The summed E-state index contributed by atoms with van der Waals surface area (Å²) in [5.74, 6) is 0.250. The van der Waals surface area contributed by atoms with Crippen molar-refractivity contribution >= 4 is 11.7 Å². The minimum Gasteiger partial charge on any atom is -0.388 e. The second kappa shape index (κ2) is 7.36. The van der Waals surface area contributed by atoms with E-state index in [1.54, 1.807) is 31.2 Å². The molecule has 0 aliphatic heterocycles. The summed E-state index contributed by atoms with van der Waals surface area (Å²) in [5, 5.41) is 13.0. The number of Topliss-reactive ketones (excluding diaryl/α,β-unsaturated/α-hetero) is 1. The van der Waals surface area contributed by atoms with Crippen molar-refractivity contribution in [1.82, 2.24) is 5.32 Å². The molecule has 0 fully saturated rings. The minimum absolute atomic E-state index is 0.0291. The number of amides is 1. The van der Waals surface area contributed by atoms with Crippen molar-refractivity contribution in [1.29, 1.82) is 0 Å². The largest absolute Gasteiger partial charge is 0.388 e. The summed E-state index contributed by atoms with van der Waals surface area (Å²) in [6.45, 7) is 7.64. The third kappa shape index (κ3) is 6.08. The Kier molecular flexibility index (Phi) is 6.09. The van der Waals surface area contributed by atoms with E-state index in [2.05, 4.69) is 19.2 Å². The fourth-order valence-electron chi connectivity index (χ4n) is 1.92. The molecule has 0 saturated heterocycles. The van der Waals surface area contributed by atoms with Crippen molar-refractivity contribution < 1.29 is 14.7 Å². The zero-order valence-electron chi connectivity index (χ0n) is 13.3. The van der Waals surface area contributed by atoms with Gasteiger partial charge in [-0.2, -0.15) is 0 Å². The topological polar surface area (TPSA) is 66.4 Å². The van der Waals surface area contributed by atoms with Gasteiger partial charge >= 0.3 is 0 Å². The molecule has 1 aromatic rings. The predicted octanol–water partition coefficient (Wildman–Crippen LogP) is 2.81. The van der Waals surface area contributed by atoms with Gasteiger partial charge in [0.15, 0.2) is 5.78 Å². The molecule has 0 bridgehead atoms. The first-order chi connectivity index (χ1) is 9.71. The van der Waals surface area contributed by atoms with Crippen molar-refractivity contribution in [3.63, 3.8) is 0 Å². The van der Waals surface area contributed by atoms with Gasteiger partial charge in [0.05, 0.1) is 5.60 Å². The van der Waals surface area contributed by atoms with Gasteiger partial charge in [0.25, 0.3) is 5.91 Å². The number of carbonyl (C=O) groups is 2. The van der Waals surface area contributed by atoms with Gasteiger partial charge in [0.1, 0.15) is 0 Å². The Morgan fingerprint density at radius 1 is 1.19 bits per heavy atom. The van der Waals surface area contributed by atoms with Crippen molar-refractivity contribution in [3.05, 3.63) is 35.4 Å². The third-order valence-electron chi connectivity index (χ3n) is 3.44. The highest BCUT2D eigenvalue weighted by atomic mass is 16.3. The minimum atomic E-state index is -0.904. The average Bonchev–Trinajstić information content (AvgIpc) is 2.43. The Bertz CT molecular complexity index is 489. The van der Waals surface area contributed by atoms with E-state index in [9.17, 15) is 14.7 Å². The molecule has 1 aromatic carbocycles. The normalized spacial score (nSPS) is 13.8. The number of nitrogens with one attached hydrogen (secondary N) is 1. The van der Waals surface area contributed by atoms with Crippen LogP contribution in [0.3, 0.4) is 0 Å². The SMILES string of the molecule is CC(=O)c1ccc(C(=O)NCC(C)(O)CCC(C)C)cc1. The van der Waals surface area contributed by atoms with Gasteiger partial charge in [-0.3, -0.25) is 9.59 Å². The number of benzene rings is 1. The van der Waals surface area contributed by atoms with Crippen LogP contribution < -0.4 is 5.32 Å². The third-order valence-corrected chi connectivity index (χ3v) is 3.44. The lowest BCUT2D eigenvalue weighted by Crippen LogP contribution is -2.40. The predicted molar refractivity (Wildman–Crippen MR) is 83.5 cm³/mol. The lowest BCUT2D eigenvalue weighted by Gasteiger charge is -2.24. The summed E-state index contributed by atoms with van der Waals surface area (Å²) in [6.07, 6.45) is 1.56. The Morgan fingerprint density at radius 2 is 1.71 bits per heavy atom. The molecule has 1 unspecified atom stereocenters. The van der Waals surface area contributed by atoms with Crippen molar-refractivity contribution in [2.24, 2.45) is 5.92 Å². The molecule has 4 heteroatoms. The summed E-state index contributed by atoms with van der Waals surface area (Å²) in [5.41, 5.74) is 0.161. The number of aliphatic hydroxyl groups is 1. The highest BCUT2D eigenvalue weighted by Gasteiger charge is 2.21. The van der Waals surface area contributed by atoms with Gasteiger partial charge in [-0.15, -0.1) is 0 Å². The number of ketones is 1. The maximum atomic E-state index is 12.0. The molecule has 1 atom stereocenters. The Morgan fingerprint density at radius 3 is 2.19 bits per heavy atom. The zero-order valence-corrected chi connectivity index (χ0v) is 13.3. The zero-order chi connectivity index (χ0) is 16.0. The molecular weight excluding hydrogens is 266 g/mol. The van der Waals surface area contributed by atoms with Gasteiger partial charge < -0.3 is 10.4 Å².